The van der Waals surface area contributed by atoms with Crippen LogP contribution in [0.5, 0.6) is 0 Å². The van der Waals surface area contributed by atoms with Crippen LogP contribution in [-0.4, -0.2) is 35.7 Å². The molecule has 25 heavy (non-hydrogen) atoms. The van der Waals surface area contributed by atoms with E-state index in [-0.39, 0.29) is 13.1 Å². The first-order valence-electron chi connectivity index (χ1n) is 7.74. The molecule has 1 heterocycles. The minimum atomic E-state index is -4.47. The molecule has 2 atom stereocenters. The van der Waals surface area contributed by atoms with Gasteiger partial charge in [0.05, 0.1) is 5.56 Å². The molecule has 5 nitrogen and oxygen atoms in total. The molecule has 1 saturated heterocycles. The third-order valence-electron chi connectivity index (χ3n) is 3.94. The lowest BCUT2D eigenvalue weighted by molar-refractivity contribution is -0.311. The summed E-state index contributed by atoms with van der Waals surface area (Å²) >= 11 is 0. The van der Waals surface area contributed by atoms with E-state index in [1.165, 1.54) is 17.0 Å². The zero-order chi connectivity index (χ0) is 19.0. The Balaban J connectivity index is 2.21. The number of carbonyl (C=O) groups excluding carboxylic acids is 2. The maximum atomic E-state index is 12.7. The van der Waals surface area contributed by atoms with Gasteiger partial charge in [-0.15, -0.1) is 0 Å². The number of carbonyl (C=O) groups is 2. The van der Waals surface area contributed by atoms with Crippen molar-refractivity contribution in [2.75, 3.05) is 13.1 Å². The third kappa shape index (κ3) is 4.64. The van der Waals surface area contributed by atoms with E-state index in [1.54, 1.807) is 20.8 Å². The van der Waals surface area contributed by atoms with E-state index < -0.39 is 41.2 Å². The molecule has 1 aliphatic rings. The maximum Gasteiger partial charge on any atom is 0.416 e. The van der Waals surface area contributed by atoms with Gasteiger partial charge in [0.15, 0.2) is 0 Å². The van der Waals surface area contributed by atoms with Crippen LogP contribution >= 0.6 is 0 Å². The van der Waals surface area contributed by atoms with Gasteiger partial charge in [-0.1, -0.05) is 12.1 Å². The third-order valence-corrected chi connectivity index (χ3v) is 3.94. The molecule has 1 aliphatic heterocycles. The van der Waals surface area contributed by atoms with Gasteiger partial charge in [0.25, 0.3) is 0 Å². The topological polar surface area (TPSA) is 69.7 Å². The number of carboxylic acid groups (broad SMARTS) is 1. The quantitative estimate of drug-likeness (QED) is 0.814. The molecule has 0 saturated carbocycles. The Morgan fingerprint density at radius 1 is 1.12 bits per heavy atom. The monoisotopic (exact) mass is 358 g/mol. The molecule has 8 heteroatoms. The van der Waals surface area contributed by atoms with Crippen molar-refractivity contribution in [1.29, 1.82) is 0 Å². The number of benzene rings is 1. The van der Waals surface area contributed by atoms with Crippen molar-refractivity contribution < 1.29 is 32.6 Å². The van der Waals surface area contributed by atoms with Crippen molar-refractivity contribution >= 4 is 12.1 Å². The van der Waals surface area contributed by atoms with E-state index in [9.17, 15) is 27.9 Å². The van der Waals surface area contributed by atoms with Gasteiger partial charge in [-0.3, -0.25) is 0 Å². The Morgan fingerprint density at radius 3 is 2.12 bits per heavy atom. The number of ether oxygens (including phenoxy) is 1. The Labute approximate surface area is 143 Å². The van der Waals surface area contributed by atoms with E-state index in [1.807, 2.05) is 0 Å². The number of hydrogen-bond donors (Lipinski definition) is 0. The molecule has 1 amide bonds. The van der Waals surface area contributed by atoms with Crippen LogP contribution in [0.3, 0.4) is 0 Å². The number of halogens is 3. The zero-order valence-electron chi connectivity index (χ0n) is 14.1. The first kappa shape index (κ1) is 19.1. The lowest BCUT2D eigenvalue weighted by Gasteiger charge is -2.24. The van der Waals surface area contributed by atoms with Crippen LogP contribution in [0.15, 0.2) is 24.3 Å². The van der Waals surface area contributed by atoms with Crippen molar-refractivity contribution in [2.45, 2.75) is 38.5 Å². The van der Waals surface area contributed by atoms with Crippen molar-refractivity contribution in [2.24, 2.45) is 5.92 Å². The van der Waals surface area contributed by atoms with Gasteiger partial charge in [-0.05, 0) is 38.5 Å². The predicted molar refractivity (Wildman–Crippen MR) is 80.5 cm³/mol. The summed E-state index contributed by atoms with van der Waals surface area (Å²) in [4.78, 5) is 24.8. The minimum absolute atomic E-state index is 0.0406. The van der Waals surface area contributed by atoms with Crippen LogP contribution < -0.4 is 5.11 Å². The fraction of sp³-hybridized carbons (Fsp3) is 0.529. The van der Waals surface area contributed by atoms with Crippen LogP contribution in [0, 0.1) is 5.92 Å². The van der Waals surface area contributed by atoms with Gasteiger partial charge in [-0.2, -0.15) is 13.2 Å². The summed E-state index contributed by atoms with van der Waals surface area (Å²) in [5.74, 6) is -3.01. The molecule has 1 fully saturated rings. The SMILES string of the molecule is CC(C)(C)OC(=O)N1C[C@@H](C(=O)[O-])[C@H](c2ccc(C(F)(F)F)cc2)C1. The fourth-order valence-electron chi connectivity index (χ4n) is 2.78. The van der Waals surface area contributed by atoms with Crippen LogP contribution in [0.25, 0.3) is 0 Å². The van der Waals surface area contributed by atoms with Crippen LogP contribution in [0.1, 0.15) is 37.8 Å². The van der Waals surface area contributed by atoms with Crippen molar-refractivity contribution in [3.05, 3.63) is 35.4 Å². The molecule has 0 aromatic heterocycles. The zero-order valence-corrected chi connectivity index (χ0v) is 14.1. The standard InChI is InChI=1S/C17H20F3NO4/c1-16(2,3)25-15(24)21-8-12(13(9-21)14(22)23)10-4-6-11(7-5-10)17(18,19)20/h4-7,12-13H,8-9H2,1-3H3,(H,22,23)/p-1/t12-,13+/m0/s1. The molecule has 1 aromatic rings. The number of hydrogen-bond acceptors (Lipinski definition) is 4. The highest BCUT2D eigenvalue weighted by molar-refractivity contribution is 5.74. The summed E-state index contributed by atoms with van der Waals surface area (Å²) in [6.07, 6.45) is -5.13. The highest BCUT2D eigenvalue weighted by Gasteiger charge is 2.39. The molecule has 0 spiro atoms. The summed E-state index contributed by atoms with van der Waals surface area (Å²) < 4.78 is 43.2. The normalized spacial score (nSPS) is 21.3. The Kier molecular flexibility index (Phi) is 5.02. The van der Waals surface area contributed by atoms with E-state index in [4.69, 9.17) is 4.74 Å². The van der Waals surface area contributed by atoms with E-state index in [2.05, 4.69) is 0 Å². The highest BCUT2D eigenvalue weighted by Crippen LogP contribution is 2.35. The number of nitrogens with zero attached hydrogens (tertiary/aromatic N) is 1. The molecule has 1 aromatic carbocycles. The lowest BCUT2D eigenvalue weighted by Crippen LogP contribution is -2.38. The van der Waals surface area contributed by atoms with Gasteiger partial charge in [0.2, 0.25) is 0 Å². The van der Waals surface area contributed by atoms with Crippen LogP contribution in [0.4, 0.5) is 18.0 Å². The summed E-state index contributed by atoms with van der Waals surface area (Å²) in [5, 5.41) is 11.4. The van der Waals surface area contributed by atoms with Gasteiger partial charge in [0.1, 0.15) is 5.60 Å². The van der Waals surface area contributed by atoms with Gasteiger partial charge >= 0.3 is 12.3 Å². The number of rotatable bonds is 2. The second-order valence-corrected chi connectivity index (χ2v) is 7.04. The molecule has 0 radical (unpaired) electrons. The number of amides is 1. The molecule has 0 bridgehead atoms. The number of alkyl halides is 3. The van der Waals surface area contributed by atoms with Crippen molar-refractivity contribution in [3.8, 4) is 0 Å². The highest BCUT2D eigenvalue weighted by atomic mass is 19.4. The van der Waals surface area contributed by atoms with Crippen LogP contribution in [-0.2, 0) is 15.7 Å². The first-order chi connectivity index (χ1) is 11.4. The smallest absolute Gasteiger partial charge is 0.416 e. The second kappa shape index (κ2) is 6.57. The van der Waals surface area contributed by atoms with E-state index in [0.29, 0.717) is 5.56 Å². The van der Waals surface area contributed by atoms with Gasteiger partial charge < -0.3 is 19.5 Å². The van der Waals surface area contributed by atoms with Gasteiger partial charge in [-0.25, -0.2) is 4.79 Å². The average molecular weight is 358 g/mol. The summed E-state index contributed by atoms with van der Waals surface area (Å²) in [5.41, 5.74) is -1.14. The molecule has 138 valence electrons. The fourth-order valence-corrected chi connectivity index (χ4v) is 2.78. The second-order valence-electron chi connectivity index (χ2n) is 7.04. The van der Waals surface area contributed by atoms with Crippen molar-refractivity contribution in [3.63, 3.8) is 0 Å². The lowest BCUT2D eigenvalue weighted by atomic mass is 9.88. The predicted octanol–water partition coefficient (Wildman–Crippen LogP) is 2.41. The van der Waals surface area contributed by atoms with Crippen molar-refractivity contribution in [1.82, 2.24) is 4.90 Å². The molecular weight excluding hydrogens is 339 g/mol. The Morgan fingerprint density at radius 2 is 1.68 bits per heavy atom. The van der Waals surface area contributed by atoms with E-state index >= 15 is 0 Å². The summed E-state index contributed by atoms with van der Waals surface area (Å²) in [7, 11) is 0. The number of likely N-dealkylation sites (tertiary alicyclic amines) is 1. The Hall–Kier alpha value is -2.25. The summed E-state index contributed by atoms with van der Waals surface area (Å²) in [6, 6.07) is 4.28. The average Bonchev–Trinajstić information content (AvgIpc) is 2.90. The molecule has 0 aliphatic carbocycles. The summed E-state index contributed by atoms with van der Waals surface area (Å²) in [6.45, 7) is 4.99. The number of carboxylic acids is 1. The largest absolute Gasteiger partial charge is 0.550 e. The maximum absolute atomic E-state index is 12.7. The van der Waals surface area contributed by atoms with Crippen LogP contribution in [0.2, 0.25) is 0 Å². The van der Waals surface area contributed by atoms with E-state index in [0.717, 1.165) is 12.1 Å². The molecule has 0 unspecified atom stereocenters. The first-order valence-corrected chi connectivity index (χ1v) is 7.74. The molecular formula is C17H19F3NO4-. The minimum Gasteiger partial charge on any atom is -0.550 e. The molecule has 0 N–H and O–H groups in total. The Bertz CT molecular complexity index is 649. The molecule has 2 rings (SSSR count). The number of aliphatic carboxylic acids is 1. The van der Waals surface area contributed by atoms with Gasteiger partial charge in [0, 0.05) is 30.9 Å².